The summed E-state index contributed by atoms with van der Waals surface area (Å²) in [5.41, 5.74) is -0.479. The van der Waals surface area contributed by atoms with Crippen LogP contribution in [0.5, 0.6) is 11.6 Å². The van der Waals surface area contributed by atoms with Crippen molar-refractivity contribution >= 4 is 17.0 Å². The van der Waals surface area contributed by atoms with Crippen molar-refractivity contribution in [3.8, 4) is 11.6 Å². The van der Waals surface area contributed by atoms with Gasteiger partial charge in [-0.2, -0.15) is 0 Å². The minimum Gasteiger partial charge on any atom is -0.491 e. The van der Waals surface area contributed by atoms with E-state index in [2.05, 4.69) is 9.97 Å². The SMILES string of the molecule is COC(=O)C1(Oc2nc3c(=O)cc[nH]c3cc2OC)CC1. The molecule has 0 radical (unpaired) electrons. The Morgan fingerprint density at radius 3 is 2.76 bits per heavy atom. The molecule has 0 unspecified atom stereocenters. The fourth-order valence-corrected chi connectivity index (χ4v) is 2.11. The Labute approximate surface area is 119 Å². The van der Waals surface area contributed by atoms with Gasteiger partial charge < -0.3 is 19.2 Å². The van der Waals surface area contributed by atoms with Crippen molar-refractivity contribution in [1.29, 1.82) is 0 Å². The predicted octanol–water partition coefficient (Wildman–Crippen LogP) is 1.02. The van der Waals surface area contributed by atoms with Crippen molar-refractivity contribution in [2.24, 2.45) is 0 Å². The second-order valence-corrected chi connectivity index (χ2v) is 4.82. The Kier molecular flexibility index (Phi) is 3.04. The van der Waals surface area contributed by atoms with E-state index in [1.807, 2.05) is 0 Å². The zero-order valence-electron chi connectivity index (χ0n) is 11.6. The van der Waals surface area contributed by atoms with E-state index in [1.165, 1.54) is 26.5 Å². The molecular formula is C14H14N2O5. The first-order valence-corrected chi connectivity index (χ1v) is 6.43. The van der Waals surface area contributed by atoms with Crippen molar-refractivity contribution in [3.05, 3.63) is 28.6 Å². The number of hydrogen-bond donors (Lipinski definition) is 1. The average Bonchev–Trinajstić information content (AvgIpc) is 3.27. The number of methoxy groups -OCH3 is 2. The van der Waals surface area contributed by atoms with E-state index in [-0.39, 0.29) is 16.8 Å². The molecule has 1 N–H and O–H groups in total. The van der Waals surface area contributed by atoms with E-state index in [1.54, 1.807) is 6.07 Å². The maximum Gasteiger partial charge on any atom is 0.350 e. The standard InChI is InChI=1S/C14H14N2O5/c1-19-10-7-8-11(9(17)3-6-15-8)16-12(10)21-14(4-5-14)13(18)20-2/h3,6-7H,4-5H2,1-2H3,(H,15,17). The third-order valence-electron chi connectivity index (χ3n) is 3.44. The molecule has 0 atom stereocenters. The molecule has 0 aromatic carbocycles. The number of hydrogen-bond acceptors (Lipinski definition) is 6. The molecule has 0 amide bonds. The van der Waals surface area contributed by atoms with E-state index in [0.29, 0.717) is 24.1 Å². The highest BCUT2D eigenvalue weighted by Crippen LogP contribution is 2.43. The zero-order chi connectivity index (χ0) is 15.0. The molecule has 1 aliphatic rings. The molecule has 1 saturated carbocycles. The summed E-state index contributed by atoms with van der Waals surface area (Å²) in [5.74, 6) is 0.0116. The second-order valence-electron chi connectivity index (χ2n) is 4.82. The predicted molar refractivity (Wildman–Crippen MR) is 73.5 cm³/mol. The lowest BCUT2D eigenvalue weighted by Gasteiger charge is -2.16. The highest BCUT2D eigenvalue weighted by atomic mass is 16.6. The number of nitrogens with zero attached hydrogens (tertiary/aromatic N) is 1. The largest absolute Gasteiger partial charge is 0.491 e. The van der Waals surface area contributed by atoms with Crippen LogP contribution >= 0.6 is 0 Å². The summed E-state index contributed by atoms with van der Waals surface area (Å²) in [5, 5.41) is 0. The third-order valence-corrected chi connectivity index (χ3v) is 3.44. The minimum atomic E-state index is -1.01. The zero-order valence-corrected chi connectivity index (χ0v) is 11.6. The molecule has 1 aliphatic carbocycles. The molecule has 110 valence electrons. The van der Waals surface area contributed by atoms with Gasteiger partial charge in [-0.1, -0.05) is 0 Å². The number of pyridine rings is 2. The normalized spacial score (nSPS) is 15.5. The van der Waals surface area contributed by atoms with Crippen LogP contribution in [0.4, 0.5) is 0 Å². The maximum atomic E-state index is 11.8. The third kappa shape index (κ3) is 2.20. The van der Waals surface area contributed by atoms with Gasteiger partial charge in [0.25, 0.3) is 5.88 Å². The number of fused-ring (bicyclic) bond motifs is 1. The summed E-state index contributed by atoms with van der Waals surface area (Å²) < 4.78 is 15.6. The fourth-order valence-electron chi connectivity index (χ4n) is 2.11. The van der Waals surface area contributed by atoms with E-state index in [9.17, 15) is 9.59 Å². The molecule has 2 heterocycles. The van der Waals surface area contributed by atoms with E-state index in [4.69, 9.17) is 14.2 Å². The Morgan fingerprint density at radius 2 is 2.14 bits per heavy atom. The first kappa shape index (κ1) is 13.4. The van der Waals surface area contributed by atoms with Gasteiger partial charge in [0, 0.05) is 31.2 Å². The van der Waals surface area contributed by atoms with Gasteiger partial charge in [0.2, 0.25) is 11.0 Å². The number of esters is 1. The van der Waals surface area contributed by atoms with Crippen LogP contribution in [-0.2, 0) is 9.53 Å². The first-order chi connectivity index (χ1) is 10.1. The van der Waals surface area contributed by atoms with E-state index >= 15 is 0 Å². The van der Waals surface area contributed by atoms with Crippen molar-refractivity contribution in [1.82, 2.24) is 9.97 Å². The summed E-state index contributed by atoms with van der Waals surface area (Å²) in [6, 6.07) is 2.99. The molecule has 2 aromatic rings. The molecular weight excluding hydrogens is 276 g/mol. The number of aromatic amines is 1. The number of carbonyl (C=O) groups excluding carboxylic acids is 1. The Morgan fingerprint density at radius 1 is 1.38 bits per heavy atom. The molecule has 2 aromatic heterocycles. The lowest BCUT2D eigenvalue weighted by atomic mass is 10.3. The van der Waals surface area contributed by atoms with Crippen LogP contribution in [0.3, 0.4) is 0 Å². The highest BCUT2D eigenvalue weighted by molar-refractivity contribution is 5.83. The first-order valence-electron chi connectivity index (χ1n) is 6.43. The lowest BCUT2D eigenvalue weighted by molar-refractivity contribution is -0.151. The molecule has 0 bridgehead atoms. The van der Waals surface area contributed by atoms with Gasteiger partial charge in [-0.25, -0.2) is 9.78 Å². The number of nitrogens with one attached hydrogen (secondary N) is 1. The van der Waals surface area contributed by atoms with Crippen molar-refractivity contribution in [3.63, 3.8) is 0 Å². The molecule has 0 saturated heterocycles. The number of aromatic nitrogens is 2. The topological polar surface area (TPSA) is 90.5 Å². The summed E-state index contributed by atoms with van der Waals surface area (Å²) in [7, 11) is 2.77. The van der Waals surface area contributed by atoms with Crippen molar-refractivity contribution in [2.45, 2.75) is 18.4 Å². The van der Waals surface area contributed by atoms with Crippen LogP contribution in [-0.4, -0.2) is 35.8 Å². The van der Waals surface area contributed by atoms with Crippen LogP contribution < -0.4 is 14.9 Å². The molecule has 21 heavy (non-hydrogen) atoms. The molecule has 1 fully saturated rings. The molecule has 3 rings (SSSR count). The number of rotatable bonds is 4. The molecule has 0 aliphatic heterocycles. The van der Waals surface area contributed by atoms with Crippen LogP contribution in [0.15, 0.2) is 23.1 Å². The van der Waals surface area contributed by atoms with E-state index < -0.39 is 11.6 Å². The number of H-pyrrole nitrogens is 1. The summed E-state index contributed by atoms with van der Waals surface area (Å²) in [4.78, 5) is 30.7. The number of ether oxygens (including phenoxy) is 3. The van der Waals surface area contributed by atoms with E-state index in [0.717, 1.165) is 0 Å². The van der Waals surface area contributed by atoms with Gasteiger partial charge in [0.05, 0.1) is 19.7 Å². The van der Waals surface area contributed by atoms with Crippen molar-refractivity contribution < 1.29 is 19.0 Å². The Balaban J connectivity index is 2.07. The van der Waals surface area contributed by atoms with Gasteiger partial charge in [0.15, 0.2) is 5.75 Å². The maximum absolute atomic E-state index is 11.8. The van der Waals surface area contributed by atoms with Crippen molar-refractivity contribution in [2.75, 3.05) is 14.2 Å². The molecule has 0 spiro atoms. The monoisotopic (exact) mass is 290 g/mol. The summed E-state index contributed by atoms with van der Waals surface area (Å²) >= 11 is 0. The average molecular weight is 290 g/mol. The molecule has 7 nitrogen and oxygen atoms in total. The van der Waals surface area contributed by atoms with Gasteiger partial charge in [-0.05, 0) is 0 Å². The fraction of sp³-hybridized carbons (Fsp3) is 0.357. The smallest absolute Gasteiger partial charge is 0.350 e. The van der Waals surface area contributed by atoms with Crippen LogP contribution in [0, 0.1) is 0 Å². The van der Waals surface area contributed by atoms with Gasteiger partial charge in [-0.3, -0.25) is 4.79 Å². The van der Waals surface area contributed by atoms with Crippen LogP contribution in [0.2, 0.25) is 0 Å². The lowest BCUT2D eigenvalue weighted by Crippen LogP contribution is -2.31. The van der Waals surface area contributed by atoms with Crippen LogP contribution in [0.25, 0.3) is 11.0 Å². The Bertz CT molecular complexity index is 764. The second kappa shape index (κ2) is 4.76. The van der Waals surface area contributed by atoms with Gasteiger partial charge in [-0.15, -0.1) is 0 Å². The quantitative estimate of drug-likeness (QED) is 0.845. The van der Waals surface area contributed by atoms with Crippen LogP contribution in [0.1, 0.15) is 12.8 Å². The summed E-state index contributed by atoms with van der Waals surface area (Å²) in [6.07, 6.45) is 2.63. The van der Waals surface area contributed by atoms with Gasteiger partial charge >= 0.3 is 5.97 Å². The van der Waals surface area contributed by atoms with Gasteiger partial charge in [0.1, 0.15) is 5.52 Å². The number of carbonyl (C=O) groups is 1. The summed E-state index contributed by atoms with van der Waals surface area (Å²) in [6.45, 7) is 0. The molecule has 7 heteroatoms. The minimum absolute atomic E-state index is 0.115. The Hall–Kier alpha value is -2.57. The highest BCUT2D eigenvalue weighted by Gasteiger charge is 2.55.